The van der Waals surface area contributed by atoms with Crippen molar-refractivity contribution in [3.8, 4) is 11.5 Å². The number of amides is 3. The number of ether oxygens (including phenoxy) is 1. The fraction of sp³-hybridized carbons (Fsp3) is 0.483. The van der Waals surface area contributed by atoms with Gasteiger partial charge in [0.05, 0.1) is 6.61 Å². The number of aromatic hydroxyl groups is 2. The molecule has 10 heteroatoms. The highest BCUT2D eigenvalue weighted by molar-refractivity contribution is 5.92. The molecule has 0 saturated heterocycles. The van der Waals surface area contributed by atoms with Crippen LogP contribution in [-0.2, 0) is 20.7 Å². The maximum Gasteiger partial charge on any atom is 0.408 e. The number of nitrogens with zero attached hydrogens (tertiary/aromatic N) is 1. The first-order valence-electron chi connectivity index (χ1n) is 13.2. The van der Waals surface area contributed by atoms with Gasteiger partial charge in [0.15, 0.2) is 0 Å². The standard InChI is InChI=1S/C29H41N3O7/c1-5-6-7-16-30-26(36)25(21-10-14-23(35)15-11-21)32(17-18-33)27(37)24(31-28(38)39-29(2,3)4)19-20-8-12-22(34)13-9-20/h8-15,24-25,33-35H,5-7,16-19H2,1-4H3,(H,30,36)(H,31,38). The number of hydrogen-bond donors (Lipinski definition) is 5. The van der Waals surface area contributed by atoms with E-state index in [2.05, 4.69) is 17.6 Å². The average Bonchev–Trinajstić information content (AvgIpc) is 2.87. The number of carbonyl (C=O) groups is 3. The third-order valence-electron chi connectivity index (χ3n) is 5.84. The molecule has 0 aliphatic carbocycles. The van der Waals surface area contributed by atoms with Gasteiger partial charge in [-0.1, -0.05) is 44.0 Å². The van der Waals surface area contributed by atoms with Gasteiger partial charge >= 0.3 is 6.09 Å². The van der Waals surface area contributed by atoms with Crippen molar-refractivity contribution in [2.75, 3.05) is 19.7 Å². The summed E-state index contributed by atoms with van der Waals surface area (Å²) in [5, 5.41) is 34.8. The molecule has 5 N–H and O–H groups in total. The molecule has 0 bridgehead atoms. The molecule has 3 amide bonds. The fourth-order valence-electron chi connectivity index (χ4n) is 4.00. The number of alkyl carbamates (subject to hydrolysis) is 1. The quantitative estimate of drug-likeness (QED) is 0.243. The molecule has 2 rings (SSSR count). The van der Waals surface area contributed by atoms with E-state index in [1.54, 1.807) is 45.0 Å². The first-order chi connectivity index (χ1) is 18.4. The summed E-state index contributed by atoms with van der Waals surface area (Å²) in [6, 6.07) is 9.83. The minimum Gasteiger partial charge on any atom is -0.508 e. The average molecular weight is 544 g/mol. The summed E-state index contributed by atoms with van der Waals surface area (Å²) in [4.78, 5) is 41.4. The molecule has 0 aliphatic rings. The smallest absolute Gasteiger partial charge is 0.408 e. The number of aliphatic hydroxyl groups excluding tert-OH is 1. The second kappa shape index (κ2) is 15.0. The Bertz CT molecular complexity index is 1070. The number of nitrogens with one attached hydrogen (secondary N) is 2. The number of hydrogen-bond acceptors (Lipinski definition) is 7. The molecule has 0 heterocycles. The maximum atomic E-state index is 14.0. The lowest BCUT2D eigenvalue weighted by atomic mass is 10.00. The van der Waals surface area contributed by atoms with E-state index < -0.39 is 42.2 Å². The van der Waals surface area contributed by atoms with Crippen molar-refractivity contribution in [2.24, 2.45) is 0 Å². The summed E-state index contributed by atoms with van der Waals surface area (Å²) >= 11 is 0. The summed E-state index contributed by atoms with van der Waals surface area (Å²) in [5.41, 5.74) is 0.271. The number of phenolic OH excluding ortho intramolecular Hbond substituents is 2. The highest BCUT2D eigenvalue weighted by atomic mass is 16.6. The van der Waals surface area contributed by atoms with Crippen LogP contribution in [0.15, 0.2) is 48.5 Å². The Morgan fingerprint density at radius 3 is 2.08 bits per heavy atom. The lowest BCUT2D eigenvalue weighted by Gasteiger charge is -2.34. The zero-order valence-electron chi connectivity index (χ0n) is 23.1. The van der Waals surface area contributed by atoms with Gasteiger partial charge in [0, 0.05) is 19.5 Å². The zero-order chi connectivity index (χ0) is 29.0. The predicted octanol–water partition coefficient (Wildman–Crippen LogP) is 3.40. The number of carbonyl (C=O) groups excluding carboxylic acids is 3. The van der Waals surface area contributed by atoms with Crippen molar-refractivity contribution in [3.05, 3.63) is 59.7 Å². The monoisotopic (exact) mass is 543 g/mol. The molecule has 214 valence electrons. The highest BCUT2D eigenvalue weighted by Crippen LogP contribution is 2.25. The Labute approximate surface area is 230 Å². The molecular weight excluding hydrogens is 502 g/mol. The Kier molecular flexibility index (Phi) is 12.1. The van der Waals surface area contributed by atoms with Gasteiger partial charge in [0.25, 0.3) is 0 Å². The van der Waals surface area contributed by atoms with Crippen LogP contribution in [0.3, 0.4) is 0 Å². The van der Waals surface area contributed by atoms with E-state index in [4.69, 9.17) is 4.74 Å². The van der Waals surface area contributed by atoms with Crippen LogP contribution in [0, 0.1) is 0 Å². The van der Waals surface area contributed by atoms with Crippen LogP contribution in [0.2, 0.25) is 0 Å². The maximum absolute atomic E-state index is 14.0. The molecule has 0 aromatic heterocycles. The van der Waals surface area contributed by atoms with E-state index in [1.807, 2.05) is 0 Å². The summed E-state index contributed by atoms with van der Waals surface area (Å²) in [6.45, 7) is 6.95. The van der Waals surface area contributed by atoms with Gasteiger partial charge < -0.3 is 35.6 Å². The van der Waals surface area contributed by atoms with Gasteiger partial charge in [-0.05, 0) is 62.6 Å². The van der Waals surface area contributed by atoms with Crippen LogP contribution in [0.25, 0.3) is 0 Å². The molecule has 0 saturated carbocycles. The van der Waals surface area contributed by atoms with Crippen LogP contribution >= 0.6 is 0 Å². The second-order valence-corrected chi connectivity index (χ2v) is 10.3. The van der Waals surface area contributed by atoms with Gasteiger partial charge in [-0.15, -0.1) is 0 Å². The summed E-state index contributed by atoms with van der Waals surface area (Å²) < 4.78 is 5.38. The lowest BCUT2D eigenvalue weighted by Crippen LogP contribution is -2.54. The lowest BCUT2D eigenvalue weighted by molar-refractivity contribution is -0.143. The topological polar surface area (TPSA) is 148 Å². The van der Waals surface area contributed by atoms with Crippen LogP contribution < -0.4 is 10.6 Å². The van der Waals surface area contributed by atoms with Crippen molar-refractivity contribution in [1.82, 2.24) is 15.5 Å². The predicted molar refractivity (Wildman–Crippen MR) is 147 cm³/mol. The molecule has 2 aromatic rings. The molecule has 2 unspecified atom stereocenters. The Morgan fingerprint density at radius 2 is 1.54 bits per heavy atom. The van der Waals surface area contributed by atoms with E-state index in [0.717, 1.165) is 19.3 Å². The van der Waals surface area contributed by atoms with Crippen molar-refractivity contribution < 1.29 is 34.4 Å². The molecule has 0 radical (unpaired) electrons. The normalized spacial score (nSPS) is 12.7. The molecule has 0 aliphatic heterocycles. The molecular formula is C29H41N3O7. The van der Waals surface area contributed by atoms with E-state index >= 15 is 0 Å². The molecule has 0 fully saturated rings. The molecule has 39 heavy (non-hydrogen) atoms. The fourth-order valence-corrected chi connectivity index (χ4v) is 4.00. The van der Waals surface area contributed by atoms with Gasteiger partial charge in [0.1, 0.15) is 29.2 Å². The number of rotatable bonds is 13. The Balaban J connectivity index is 2.46. The van der Waals surface area contributed by atoms with Crippen molar-refractivity contribution in [3.63, 3.8) is 0 Å². The number of phenols is 2. The largest absolute Gasteiger partial charge is 0.508 e. The molecule has 0 spiro atoms. The third kappa shape index (κ3) is 10.5. The summed E-state index contributed by atoms with van der Waals surface area (Å²) in [6.07, 6.45) is 1.90. The molecule has 10 nitrogen and oxygen atoms in total. The molecule has 2 atom stereocenters. The van der Waals surface area contributed by atoms with Crippen molar-refractivity contribution in [1.29, 1.82) is 0 Å². The van der Waals surface area contributed by atoms with E-state index in [1.165, 1.54) is 29.2 Å². The van der Waals surface area contributed by atoms with E-state index in [-0.39, 0.29) is 24.5 Å². The highest BCUT2D eigenvalue weighted by Gasteiger charge is 2.36. The number of benzene rings is 2. The van der Waals surface area contributed by atoms with Crippen LogP contribution in [0.4, 0.5) is 4.79 Å². The Morgan fingerprint density at radius 1 is 0.949 bits per heavy atom. The van der Waals surface area contributed by atoms with E-state index in [9.17, 15) is 29.7 Å². The molecule has 2 aromatic carbocycles. The van der Waals surface area contributed by atoms with E-state index in [0.29, 0.717) is 17.7 Å². The minimum absolute atomic E-state index is 0.00214. The van der Waals surface area contributed by atoms with Crippen molar-refractivity contribution in [2.45, 2.75) is 71.1 Å². The van der Waals surface area contributed by atoms with Gasteiger partial charge in [-0.3, -0.25) is 9.59 Å². The van der Waals surface area contributed by atoms with Crippen molar-refractivity contribution >= 4 is 17.9 Å². The van der Waals surface area contributed by atoms with Crippen LogP contribution in [0.1, 0.15) is 64.1 Å². The second-order valence-electron chi connectivity index (χ2n) is 10.3. The number of unbranched alkanes of at least 4 members (excludes halogenated alkanes) is 2. The third-order valence-corrected chi connectivity index (χ3v) is 5.84. The first kappa shape index (κ1) is 31.4. The minimum atomic E-state index is -1.15. The van der Waals surface area contributed by atoms with Crippen LogP contribution in [0.5, 0.6) is 11.5 Å². The zero-order valence-corrected chi connectivity index (χ0v) is 23.1. The van der Waals surface area contributed by atoms with Gasteiger partial charge in [-0.2, -0.15) is 0 Å². The summed E-state index contributed by atoms with van der Waals surface area (Å²) in [5.74, 6) is -1.00. The van der Waals surface area contributed by atoms with Crippen LogP contribution in [-0.4, -0.2) is 69.5 Å². The SMILES string of the molecule is CCCCCNC(=O)C(c1ccc(O)cc1)N(CCO)C(=O)C(Cc1ccc(O)cc1)NC(=O)OC(C)(C)C. The first-order valence-corrected chi connectivity index (χ1v) is 13.2. The van der Waals surface area contributed by atoms with Gasteiger partial charge in [0.2, 0.25) is 11.8 Å². The summed E-state index contributed by atoms with van der Waals surface area (Å²) in [7, 11) is 0. The number of aliphatic hydroxyl groups is 1. The Hall–Kier alpha value is -3.79. The van der Waals surface area contributed by atoms with Gasteiger partial charge in [-0.25, -0.2) is 4.79 Å².